The molecular weight excluding hydrogens is 339 g/mol. The van der Waals surface area contributed by atoms with Gasteiger partial charge >= 0.3 is 6.18 Å². The number of amides is 1. The van der Waals surface area contributed by atoms with Gasteiger partial charge in [-0.15, -0.1) is 11.3 Å². The highest BCUT2D eigenvalue weighted by atomic mass is 32.1. The van der Waals surface area contributed by atoms with Gasteiger partial charge < -0.3 is 10.6 Å². The quantitative estimate of drug-likeness (QED) is 0.885. The first-order valence-electron chi connectivity index (χ1n) is 7.58. The second kappa shape index (κ2) is 6.90. The van der Waals surface area contributed by atoms with Crippen molar-refractivity contribution in [1.29, 1.82) is 0 Å². The van der Waals surface area contributed by atoms with Gasteiger partial charge in [0.1, 0.15) is 10.7 Å². The van der Waals surface area contributed by atoms with Crippen LogP contribution >= 0.6 is 11.3 Å². The molecule has 1 aromatic heterocycles. The van der Waals surface area contributed by atoms with Gasteiger partial charge in [0.2, 0.25) is 0 Å². The normalized spacial score (nSPS) is 17.9. The molecular formula is C16H16F3N3OS. The Morgan fingerprint density at radius 3 is 2.96 bits per heavy atom. The summed E-state index contributed by atoms with van der Waals surface area (Å²) in [5.41, 5.74) is -0.148. The second-order valence-electron chi connectivity index (χ2n) is 5.62. The average molecular weight is 355 g/mol. The summed E-state index contributed by atoms with van der Waals surface area (Å²) in [6.45, 7) is 1.48. The number of carbonyl (C=O) groups is 1. The van der Waals surface area contributed by atoms with Crippen molar-refractivity contribution in [3.8, 4) is 10.6 Å². The number of benzene rings is 1. The Morgan fingerprint density at radius 1 is 1.42 bits per heavy atom. The van der Waals surface area contributed by atoms with Crippen molar-refractivity contribution in [2.24, 2.45) is 0 Å². The summed E-state index contributed by atoms with van der Waals surface area (Å²) >= 11 is 1.15. The summed E-state index contributed by atoms with van der Waals surface area (Å²) in [5.74, 6) is -0.307. The molecule has 128 valence electrons. The van der Waals surface area contributed by atoms with Crippen LogP contribution in [0.1, 0.15) is 28.9 Å². The SMILES string of the molecule is O=C(NCC1CCCN1)c1csc(-c2cccc(C(F)(F)F)c2)n1. The van der Waals surface area contributed by atoms with E-state index in [-0.39, 0.29) is 17.6 Å². The van der Waals surface area contributed by atoms with Gasteiger partial charge in [-0.1, -0.05) is 12.1 Å². The lowest BCUT2D eigenvalue weighted by Crippen LogP contribution is -2.37. The van der Waals surface area contributed by atoms with E-state index in [1.807, 2.05) is 0 Å². The molecule has 1 atom stereocenters. The molecule has 0 spiro atoms. The summed E-state index contributed by atoms with van der Waals surface area (Å²) in [6, 6.07) is 5.22. The number of alkyl halides is 3. The zero-order chi connectivity index (χ0) is 17.2. The third kappa shape index (κ3) is 3.93. The summed E-state index contributed by atoms with van der Waals surface area (Å²) in [6.07, 6.45) is -2.29. The Labute approximate surface area is 141 Å². The zero-order valence-corrected chi connectivity index (χ0v) is 13.5. The van der Waals surface area contributed by atoms with E-state index in [1.54, 1.807) is 11.4 Å². The van der Waals surface area contributed by atoms with Gasteiger partial charge in [0.05, 0.1) is 5.56 Å². The fourth-order valence-corrected chi connectivity index (χ4v) is 3.37. The number of carbonyl (C=O) groups excluding carboxylic acids is 1. The standard InChI is InChI=1S/C16H16F3N3OS/c17-16(18,19)11-4-1-3-10(7-11)15-22-13(9-24-15)14(23)21-8-12-5-2-6-20-12/h1,3-4,7,9,12,20H,2,5-6,8H2,(H,21,23). The highest BCUT2D eigenvalue weighted by Gasteiger charge is 2.30. The highest BCUT2D eigenvalue weighted by Crippen LogP contribution is 2.33. The van der Waals surface area contributed by atoms with Crippen LogP contribution in [-0.2, 0) is 6.18 Å². The summed E-state index contributed by atoms with van der Waals surface area (Å²) in [5, 5.41) is 8.04. The molecule has 0 aliphatic carbocycles. The van der Waals surface area contributed by atoms with E-state index in [1.165, 1.54) is 6.07 Å². The fourth-order valence-electron chi connectivity index (χ4n) is 2.58. The number of aromatic nitrogens is 1. The predicted molar refractivity (Wildman–Crippen MR) is 85.9 cm³/mol. The Balaban J connectivity index is 1.69. The fraction of sp³-hybridized carbons (Fsp3) is 0.375. The van der Waals surface area contributed by atoms with Crippen LogP contribution in [0.15, 0.2) is 29.6 Å². The van der Waals surface area contributed by atoms with Crippen LogP contribution in [0.25, 0.3) is 10.6 Å². The first-order chi connectivity index (χ1) is 11.4. The van der Waals surface area contributed by atoms with Crippen molar-refractivity contribution in [2.75, 3.05) is 13.1 Å². The maximum Gasteiger partial charge on any atom is 0.416 e. The molecule has 1 aliphatic heterocycles. The number of halogens is 3. The van der Waals surface area contributed by atoms with E-state index in [4.69, 9.17) is 0 Å². The molecule has 3 rings (SSSR count). The largest absolute Gasteiger partial charge is 0.416 e. The van der Waals surface area contributed by atoms with Crippen molar-refractivity contribution in [2.45, 2.75) is 25.1 Å². The Kier molecular flexibility index (Phi) is 4.86. The van der Waals surface area contributed by atoms with E-state index in [0.717, 1.165) is 42.9 Å². The number of nitrogens with zero attached hydrogens (tertiary/aromatic N) is 1. The molecule has 1 saturated heterocycles. The van der Waals surface area contributed by atoms with Crippen molar-refractivity contribution < 1.29 is 18.0 Å². The lowest BCUT2D eigenvalue weighted by atomic mass is 10.1. The molecule has 0 saturated carbocycles. The van der Waals surface area contributed by atoms with Gasteiger partial charge in [-0.3, -0.25) is 4.79 Å². The van der Waals surface area contributed by atoms with Crippen LogP contribution in [0.4, 0.5) is 13.2 Å². The molecule has 2 heterocycles. The molecule has 1 unspecified atom stereocenters. The van der Waals surface area contributed by atoms with Crippen LogP contribution in [0.5, 0.6) is 0 Å². The lowest BCUT2D eigenvalue weighted by molar-refractivity contribution is -0.137. The molecule has 2 aromatic rings. The second-order valence-corrected chi connectivity index (χ2v) is 6.48. The first kappa shape index (κ1) is 16.9. The topological polar surface area (TPSA) is 54.0 Å². The average Bonchev–Trinajstić information content (AvgIpc) is 3.23. The molecule has 4 nitrogen and oxygen atoms in total. The molecule has 0 radical (unpaired) electrons. The molecule has 1 aromatic carbocycles. The zero-order valence-electron chi connectivity index (χ0n) is 12.7. The minimum absolute atomic E-state index is 0.227. The molecule has 0 bridgehead atoms. The van der Waals surface area contributed by atoms with E-state index in [9.17, 15) is 18.0 Å². The van der Waals surface area contributed by atoms with E-state index in [2.05, 4.69) is 15.6 Å². The summed E-state index contributed by atoms with van der Waals surface area (Å²) in [4.78, 5) is 16.3. The highest BCUT2D eigenvalue weighted by molar-refractivity contribution is 7.13. The number of nitrogens with one attached hydrogen (secondary N) is 2. The van der Waals surface area contributed by atoms with Gasteiger partial charge in [-0.2, -0.15) is 13.2 Å². The predicted octanol–water partition coefficient (Wildman–Crippen LogP) is 3.31. The van der Waals surface area contributed by atoms with Crippen molar-refractivity contribution >= 4 is 17.2 Å². The van der Waals surface area contributed by atoms with Crippen LogP contribution < -0.4 is 10.6 Å². The number of thiazole rings is 1. The molecule has 1 fully saturated rings. The number of hydrogen-bond acceptors (Lipinski definition) is 4. The molecule has 8 heteroatoms. The van der Waals surface area contributed by atoms with E-state index >= 15 is 0 Å². The Bertz CT molecular complexity index is 723. The van der Waals surface area contributed by atoms with Gasteiger partial charge in [0.25, 0.3) is 5.91 Å². The summed E-state index contributed by atoms with van der Waals surface area (Å²) in [7, 11) is 0. The van der Waals surface area contributed by atoms with Crippen LogP contribution in [0.2, 0.25) is 0 Å². The number of hydrogen-bond donors (Lipinski definition) is 2. The van der Waals surface area contributed by atoms with Gasteiger partial charge in [0.15, 0.2) is 0 Å². The first-order valence-corrected chi connectivity index (χ1v) is 8.46. The molecule has 2 N–H and O–H groups in total. The van der Waals surface area contributed by atoms with Crippen molar-refractivity contribution in [3.05, 3.63) is 40.9 Å². The Hall–Kier alpha value is -1.93. The molecule has 1 aliphatic rings. The molecule has 24 heavy (non-hydrogen) atoms. The third-order valence-electron chi connectivity index (χ3n) is 3.85. The van der Waals surface area contributed by atoms with Gasteiger partial charge in [-0.25, -0.2) is 4.98 Å². The monoisotopic (exact) mass is 355 g/mol. The number of rotatable bonds is 4. The lowest BCUT2D eigenvalue weighted by Gasteiger charge is -2.10. The van der Waals surface area contributed by atoms with Gasteiger partial charge in [0, 0.05) is 23.5 Å². The minimum Gasteiger partial charge on any atom is -0.349 e. The maximum absolute atomic E-state index is 12.8. The van der Waals surface area contributed by atoms with E-state index < -0.39 is 11.7 Å². The van der Waals surface area contributed by atoms with Crippen molar-refractivity contribution in [3.63, 3.8) is 0 Å². The van der Waals surface area contributed by atoms with Crippen LogP contribution in [0.3, 0.4) is 0 Å². The molecule has 1 amide bonds. The van der Waals surface area contributed by atoms with Crippen molar-refractivity contribution in [1.82, 2.24) is 15.6 Å². The van der Waals surface area contributed by atoms with E-state index in [0.29, 0.717) is 17.1 Å². The maximum atomic E-state index is 12.8. The summed E-state index contributed by atoms with van der Waals surface area (Å²) < 4.78 is 38.3. The smallest absolute Gasteiger partial charge is 0.349 e. The minimum atomic E-state index is -4.40. The van der Waals surface area contributed by atoms with Crippen LogP contribution in [-0.4, -0.2) is 30.0 Å². The van der Waals surface area contributed by atoms with Crippen LogP contribution in [0, 0.1) is 0 Å². The Morgan fingerprint density at radius 2 is 2.25 bits per heavy atom. The third-order valence-corrected chi connectivity index (χ3v) is 4.74. The van der Waals surface area contributed by atoms with Gasteiger partial charge in [-0.05, 0) is 31.5 Å².